The van der Waals surface area contributed by atoms with Crippen molar-refractivity contribution < 1.29 is 18.4 Å². The number of rotatable bonds is 8. The van der Waals surface area contributed by atoms with Gasteiger partial charge in [-0.2, -0.15) is 5.26 Å². The number of carbonyl (C=O) groups is 1. The molecule has 0 aliphatic carbocycles. The average molecular weight is 372 g/mol. The van der Waals surface area contributed by atoms with E-state index in [4.69, 9.17) is 13.6 Å². The molecule has 2 aromatic rings. The SMILES string of the molecule is C[Si](C)(C)O[C@@H](CC#N)[C@@H](NC(=O)OCc1ccccc1)c1ccco1. The van der Waals surface area contributed by atoms with E-state index in [0.29, 0.717) is 5.76 Å². The van der Waals surface area contributed by atoms with Gasteiger partial charge in [0.25, 0.3) is 0 Å². The fourth-order valence-electron chi connectivity index (χ4n) is 2.48. The number of amides is 1. The van der Waals surface area contributed by atoms with Crippen molar-refractivity contribution in [2.45, 2.75) is 44.8 Å². The lowest BCUT2D eigenvalue weighted by Gasteiger charge is -2.30. The van der Waals surface area contributed by atoms with Crippen LogP contribution in [0.15, 0.2) is 53.1 Å². The van der Waals surface area contributed by atoms with Gasteiger partial charge in [0.1, 0.15) is 18.4 Å². The fraction of sp³-hybridized carbons (Fsp3) is 0.368. The van der Waals surface area contributed by atoms with Crippen molar-refractivity contribution in [3.63, 3.8) is 0 Å². The lowest BCUT2D eigenvalue weighted by atomic mass is 10.1. The van der Waals surface area contributed by atoms with Crippen molar-refractivity contribution in [3.8, 4) is 6.07 Å². The smallest absolute Gasteiger partial charge is 0.408 e. The third-order valence-corrected chi connectivity index (χ3v) is 4.51. The van der Waals surface area contributed by atoms with Gasteiger partial charge in [-0.05, 0) is 37.3 Å². The molecule has 26 heavy (non-hydrogen) atoms. The Morgan fingerprint density at radius 3 is 2.54 bits per heavy atom. The number of hydrogen-bond acceptors (Lipinski definition) is 5. The number of nitriles is 1. The van der Waals surface area contributed by atoms with Gasteiger partial charge in [-0.1, -0.05) is 30.3 Å². The highest BCUT2D eigenvalue weighted by Crippen LogP contribution is 2.25. The van der Waals surface area contributed by atoms with Crippen LogP contribution in [0.5, 0.6) is 0 Å². The molecule has 1 heterocycles. The van der Waals surface area contributed by atoms with Gasteiger partial charge in [0, 0.05) is 0 Å². The monoisotopic (exact) mass is 372 g/mol. The van der Waals surface area contributed by atoms with E-state index in [1.165, 1.54) is 6.26 Å². The highest BCUT2D eigenvalue weighted by molar-refractivity contribution is 6.69. The summed E-state index contributed by atoms with van der Waals surface area (Å²) in [6.45, 7) is 6.26. The summed E-state index contributed by atoms with van der Waals surface area (Å²) in [4.78, 5) is 12.3. The van der Waals surface area contributed by atoms with Crippen LogP contribution in [0.1, 0.15) is 23.8 Å². The van der Waals surface area contributed by atoms with E-state index in [1.807, 2.05) is 50.0 Å². The molecule has 1 amide bonds. The van der Waals surface area contributed by atoms with Crippen molar-refractivity contribution in [2.24, 2.45) is 0 Å². The minimum Gasteiger partial charge on any atom is -0.467 e. The summed E-state index contributed by atoms with van der Waals surface area (Å²) in [6, 6.07) is 14.4. The molecule has 0 radical (unpaired) electrons. The van der Waals surface area contributed by atoms with Crippen LogP contribution in [0.2, 0.25) is 19.6 Å². The van der Waals surface area contributed by atoms with E-state index in [2.05, 4.69) is 11.4 Å². The number of ether oxygens (including phenoxy) is 1. The summed E-state index contributed by atoms with van der Waals surface area (Å²) >= 11 is 0. The van der Waals surface area contributed by atoms with Crippen LogP contribution in [0, 0.1) is 11.3 Å². The third kappa shape index (κ3) is 6.39. The molecule has 1 aromatic heterocycles. The van der Waals surface area contributed by atoms with Crippen LogP contribution < -0.4 is 5.32 Å². The molecule has 0 saturated heterocycles. The van der Waals surface area contributed by atoms with Crippen LogP contribution in [0.25, 0.3) is 0 Å². The number of hydrogen-bond donors (Lipinski definition) is 1. The number of nitrogens with zero attached hydrogens (tertiary/aromatic N) is 1. The molecule has 2 atom stereocenters. The number of nitrogens with one attached hydrogen (secondary N) is 1. The predicted octanol–water partition coefficient (Wildman–Crippen LogP) is 4.38. The first-order valence-corrected chi connectivity index (χ1v) is 11.9. The highest BCUT2D eigenvalue weighted by Gasteiger charge is 2.32. The molecule has 1 aromatic carbocycles. The van der Waals surface area contributed by atoms with Gasteiger partial charge >= 0.3 is 6.09 Å². The van der Waals surface area contributed by atoms with E-state index in [0.717, 1.165) is 5.56 Å². The molecule has 0 unspecified atom stereocenters. The average Bonchev–Trinajstić information content (AvgIpc) is 3.11. The fourth-order valence-corrected chi connectivity index (χ4v) is 3.61. The lowest BCUT2D eigenvalue weighted by molar-refractivity contribution is 0.105. The number of furan rings is 1. The van der Waals surface area contributed by atoms with Crippen molar-refractivity contribution in [1.29, 1.82) is 5.26 Å². The standard InChI is InChI=1S/C19H24N2O4Si/c1-26(2,3)25-17(11-12-20)18(16-10-7-13-23-16)21-19(22)24-14-15-8-5-4-6-9-15/h4-10,13,17-18H,11,14H2,1-3H3,(H,21,22)/t17-,18-/m0/s1. The Kier molecular flexibility index (Phi) is 7.01. The van der Waals surface area contributed by atoms with Crippen LogP contribution in [-0.4, -0.2) is 20.5 Å². The number of alkyl carbamates (subject to hydrolysis) is 1. The zero-order chi connectivity index (χ0) is 19.0. The van der Waals surface area contributed by atoms with E-state index >= 15 is 0 Å². The first-order valence-electron chi connectivity index (χ1n) is 8.44. The predicted molar refractivity (Wildman–Crippen MR) is 99.7 cm³/mol. The molecule has 0 aliphatic rings. The number of carbonyl (C=O) groups excluding carboxylic acids is 1. The van der Waals surface area contributed by atoms with Gasteiger partial charge in [0.2, 0.25) is 0 Å². The maximum absolute atomic E-state index is 12.3. The Hall–Kier alpha value is -2.56. The van der Waals surface area contributed by atoms with Gasteiger partial charge in [-0.15, -0.1) is 0 Å². The summed E-state index contributed by atoms with van der Waals surface area (Å²) in [7, 11) is -1.94. The maximum atomic E-state index is 12.3. The molecule has 2 rings (SSSR count). The zero-order valence-electron chi connectivity index (χ0n) is 15.3. The van der Waals surface area contributed by atoms with E-state index in [-0.39, 0.29) is 13.0 Å². The second-order valence-corrected chi connectivity index (χ2v) is 11.3. The molecule has 0 aliphatic heterocycles. The minimum atomic E-state index is -1.94. The van der Waals surface area contributed by atoms with Crippen molar-refractivity contribution in [1.82, 2.24) is 5.32 Å². The summed E-state index contributed by atoms with van der Waals surface area (Å²) in [5.41, 5.74) is 0.893. The van der Waals surface area contributed by atoms with Crippen LogP contribution in [0.4, 0.5) is 4.79 Å². The Morgan fingerprint density at radius 1 is 1.23 bits per heavy atom. The summed E-state index contributed by atoms with van der Waals surface area (Å²) in [6.07, 6.45) is 0.561. The minimum absolute atomic E-state index is 0.134. The maximum Gasteiger partial charge on any atom is 0.408 e. The normalized spacial score (nSPS) is 13.5. The molecular formula is C19H24N2O4Si. The molecule has 0 fully saturated rings. The van der Waals surface area contributed by atoms with Gasteiger partial charge in [0.05, 0.1) is 24.9 Å². The molecule has 1 N–H and O–H groups in total. The van der Waals surface area contributed by atoms with Crippen LogP contribution in [0.3, 0.4) is 0 Å². The van der Waals surface area contributed by atoms with Crippen molar-refractivity contribution >= 4 is 14.4 Å². The Labute approximate surface area is 154 Å². The molecule has 6 nitrogen and oxygen atoms in total. The summed E-state index contributed by atoms with van der Waals surface area (Å²) < 4.78 is 16.9. The Morgan fingerprint density at radius 2 is 1.96 bits per heavy atom. The van der Waals surface area contributed by atoms with Crippen molar-refractivity contribution in [2.75, 3.05) is 0 Å². The van der Waals surface area contributed by atoms with Crippen molar-refractivity contribution in [3.05, 3.63) is 60.1 Å². The zero-order valence-corrected chi connectivity index (χ0v) is 16.3. The van der Waals surface area contributed by atoms with Gasteiger partial charge in [-0.3, -0.25) is 0 Å². The summed E-state index contributed by atoms with van der Waals surface area (Å²) in [5.74, 6) is 0.528. The molecule has 7 heteroatoms. The van der Waals surface area contributed by atoms with E-state index in [1.54, 1.807) is 12.1 Å². The highest BCUT2D eigenvalue weighted by atomic mass is 28.4. The van der Waals surface area contributed by atoms with E-state index in [9.17, 15) is 10.1 Å². The van der Waals surface area contributed by atoms with Gasteiger partial charge in [0.15, 0.2) is 8.32 Å². The molecule has 0 spiro atoms. The quantitative estimate of drug-likeness (QED) is 0.695. The molecule has 138 valence electrons. The second-order valence-electron chi connectivity index (χ2n) is 6.83. The molecular weight excluding hydrogens is 348 g/mol. The first kappa shape index (κ1) is 19.8. The second kappa shape index (κ2) is 9.22. The Bertz CT molecular complexity index is 720. The number of benzene rings is 1. The van der Waals surface area contributed by atoms with Gasteiger partial charge in [-0.25, -0.2) is 4.79 Å². The topological polar surface area (TPSA) is 84.5 Å². The van der Waals surface area contributed by atoms with Crippen LogP contribution >= 0.6 is 0 Å². The summed E-state index contributed by atoms with van der Waals surface area (Å²) in [5, 5.41) is 12.0. The Balaban J connectivity index is 2.09. The van der Waals surface area contributed by atoms with Crippen LogP contribution in [-0.2, 0) is 15.8 Å². The molecule has 0 saturated carbocycles. The van der Waals surface area contributed by atoms with Gasteiger partial charge < -0.3 is 18.9 Å². The molecule has 0 bridgehead atoms. The lowest BCUT2D eigenvalue weighted by Crippen LogP contribution is -2.42. The largest absolute Gasteiger partial charge is 0.467 e. The first-order chi connectivity index (χ1) is 12.4. The van der Waals surface area contributed by atoms with E-state index < -0.39 is 26.6 Å². The third-order valence-electron chi connectivity index (χ3n) is 3.51.